The lowest BCUT2D eigenvalue weighted by molar-refractivity contribution is -0.121. The predicted molar refractivity (Wildman–Crippen MR) is 133 cm³/mol. The van der Waals surface area contributed by atoms with E-state index in [1.807, 2.05) is 43.3 Å². The molecule has 3 aromatic carbocycles. The summed E-state index contributed by atoms with van der Waals surface area (Å²) in [6.45, 7) is 3.09. The quantitative estimate of drug-likeness (QED) is 0.228. The number of carbonyl (C=O) groups is 2. The third-order valence-corrected chi connectivity index (χ3v) is 5.42. The molecule has 172 valence electrons. The molecule has 0 aliphatic heterocycles. The van der Waals surface area contributed by atoms with Crippen molar-refractivity contribution in [2.45, 2.75) is 32.6 Å². The fourth-order valence-electron chi connectivity index (χ4n) is 3.45. The van der Waals surface area contributed by atoms with Crippen LogP contribution < -0.4 is 15.5 Å². The van der Waals surface area contributed by atoms with E-state index in [4.69, 9.17) is 16.3 Å². The smallest absolute Gasteiger partial charge is 0.252 e. The number of hydrazone groups is 1. The maximum absolute atomic E-state index is 12.1. The first-order chi connectivity index (χ1) is 16.1. The zero-order valence-corrected chi connectivity index (χ0v) is 19.4. The predicted octanol–water partition coefficient (Wildman–Crippen LogP) is 5.33. The number of nitrogens with one attached hydrogen (secondary N) is 2. The van der Waals surface area contributed by atoms with E-state index in [1.165, 1.54) is 0 Å². The third kappa shape index (κ3) is 7.05. The van der Waals surface area contributed by atoms with E-state index in [2.05, 4.69) is 15.8 Å². The molecule has 0 fully saturated rings. The van der Waals surface area contributed by atoms with Crippen molar-refractivity contribution < 1.29 is 14.3 Å². The van der Waals surface area contributed by atoms with Gasteiger partial charge in [0.1, 0.15) is 5.75 Å². The average molecular weight is 466 g/mol. The van der Waals surface area contributed by atoms with Gasteiger partial charge in [-0.2, -0.15) is 5.10 Å². The molecule has 2 amide bonds. The number of carbonyl (C=O) groups excluding carboxylic acids is 2. The first kappa shape index (κ1) is 24.3. The molecule has 0 aromatic heterocycles. The molecule has 6 nitrogen and oxygen atoms in total. The standard InChI is InChI=1S/C26H28ClN3O3/c1-2-33-24-16-15-19(20-10-5-6-11-21(20)24)18-29-30-25(31)14-4-3-9-17-28-26(32)22-12-7-8-13-23(22)27/h5-8,10-13,15-16,18H,2-4,9,14,17H2,1H3,(H,28,32)(H,30,31)/b29-18-. The molecular formula is C26H28ClN3O3. The molecule has 7 heteroatoms. The van der Waals surface area contributed by atoms with Gasteiger partial charge in [0.2, 0.25) is 5.91 Å². The molecule has 3 rings (SSSR count). The SMILES string of the molecule is CCOc1ccc(/C=N\NC(=O)CCCCCNC(=O)c2ccccc2Cl)c2ccccc12. The van der Waals surface area contributed by atoms with E-state index >= 15 is 0 Å². The van der Waals surface area contributed by atoms with Gasteiger partial charge in [-0.15, -0.1) is 0 Å². The summed E-state index contributed by atoms with van der Waals surface area (Å²) < 4.78 is 5.69. The molecule has 0 atom stereocenters. The zero-order valence-electron chi connectivity index (χ0n) is 18.6. The summed E-state index contributed by atoms with van der Waals surface area (Å²) in [5.41, 5.74) is 3.96. The number of rotatable bonds is 11. The minimum Gasteiger partial charge on any atom is -0.493 e. The second-order valence-electron chi connectivity index (χ2n) is 7.47. The van der Waals surface area contributed by atoms with Gasteiger partial charge in [0.15, 0.2) is 0 Å². The van der Waals surface area contributed by atoms with Crippen molar-refractivity contribution in [3.63, 3.8) is 0 Å². The number of unbranched alkanes of at least 4 members (excludes halogenated alkanes) is 2. The Morgan fingerprint density at radius 1 is 0.970 bits per heavy atom. The maximum atomic E-state index is 12.1. The van der Waals surface area contributed by atoms with Crippen molar-refractivity contribution in [1.29, 1.82) is 0 Å². The zero-order chi connectivity index (χ0) is 23.5. The lowest BCUT2D eigenvalue weighted by atomic mass is 10.0. The number of ether oxygens (including phenoxy) is 1. The normalized spacial score (nSPS) is 11.0. The minimum atomic E-state index is -0.186. The van der Waals surface area contributed by atoms with Gasteiger partial charge in [-0.05, 0) is 49.4 Å². The van der Waals surface area contributed by atoms with Crippen LogP contribution >= 0.6 is 11.6 Å². The van der Waals surface area contributed by atoms with Crippen molar-refractivity contribution in [1.82, 2.24) is 10.7 Å². The van der Waals surface area contributed by atoms with Gasteiger partial charge < -0.3 is 10.1 Å². The maximum Gasteiger partial charge on any atom is 0.252 e. The Kier molecular flexibility index (Phi) is 9.27. The number of hydrogen-bond donors (Lipinski definition) is 2. The van der Waals surface area contributed by atoms with Gasteiger partial charge in [0.05, 0.1) is 23.4 Å². The molecule has 0 bridgehead atoms. The van der Waals surface area contributed by atoms with Gasteiger partial charge in [0, 0.05) is 23.9 Å². The van der Waals surface area contributed by atoms with Crippen LogP contribution in [0.5, 0.6) is 5.75 Å². The monoisotopic (exact) mass is 465 g/mol. The number of hydrogen-bond acceptors (Lipinski definition) is 4. The van der Waals surface area contributed by atoms with Crippen LogP contribution in [0.3, 0.4) is 0 Å². The lowest BCUT2D eigenvalue weighted by Crippen LogP contribution is -2.24. The summed E-state index contributed by atoms with van der Waals surface area (Å²) >= 11 is 6.02. The summed E-state index contributed by atoms with van der Waals surface area (Å²) in [6, 6.07) is 18.7. The Balaban J connectivity index is 1.38. The second-order valence-corrected chi connectivity index (χ2v) is 7.88. The summed E-state index contributed by atoms with van der Waals surface area (Å²) in [6.07, 6.45) is 4.35. The average Bonchev–Trinajstić information content (AvgIpc) is 2.83. The Morgan fingerprint density at radius 3 is 2.52 bits per heavy atom. The van der Waals surface area contributed by atoms with Gasteiger partial charge in [-0.25, -0.2) is 5.43 Å². The van der Waals surface area contributed by atoms with Crippen LogP contribution in [-0.2, 0) is 4.79 Å². The van der Waals surface area contributed by atoms with E-state index in [0.29, 0.717) is 30.2 Å². The van der Waals surface area contributed by atoms with E-state index < -0.39 is 0 Å². The fourth-order valence-corrected chi connectivity index (χ4v) is 3.67. The van der Waals surface area contributed by atoms with Crippen LogP contribution in [0.25, 0.3) is 10.8 Å². The van der Waals surface area contributed by atoms with E-state index in [-0.39, 0.29) is 11.8 Å². The van der Waals surface area contributed by atoms with E-state index in [1.54, 1.807) is 30.5 Å². The van der Waals surface area contributed by atoms with E-state index in [0.717, 1.165) is 41.3 Å². The molecule has 3 aromatic rings. The lowest BCUT2D eigenvalue weighted by Gasteiger charge is -2.09. The topological polar surface area (TPSA) is 79.8 Å². The minimum absolute atomic E-state index is 0.137. The molecule has 0 aliphatic carbocycles. The molecule has 0 spiro atoms. The van der Waals surface area contributed by atoms with Crippen LogP contribution in [0.4, 0.5) is 0 Å². The number of amides is 2. The number of halogens is 1. The van der Waals surface area contributed by atoms with Crippen molar-refractivity contribution >= 4 is 40.4 Å². The van der Waals surface area contributed by atoms with Crippen LogP contribution in [0.1, 0.15) is 48.5 Å². The molecule has 0 aliphatic rings. The van der Waals surface area contributed by atoms with Gasteiger partial charge in [-0.3, -0.25) is 9.59 Å². The first-order valence-corrected chi connectivity index (χ1v) is 11.5. The van der Waals surface area contributed by atoms with Crippen LogP contribution in [0, 0.1) is 0 Å². The number of nitrogens with zero attached hydrogens (tertiary/aromatic N) is 1. The molecule has 0 radical (unpaired) electrons. The highest BCUT2D eigenvalue weighted by atomic mass is 35.5. The number of benzene rings is 3. The molecule has 0 saturated carbocycles. The first-order valence-electron chi connectivity index (χ1n) is 11.1. The summed E-state index contributed by atoms with van der Waals surface area (Å²) in [4.78, 5) is 24.2. The highest BCUT2D eigenvalue weighted by Gasteiger charge is 2.08. The molecular weight excluding hydrogens is 438 g/mol. The van der Waals surface area contributed by atoms with Crippen molar-refractivity contribution in [3.05, 3.63) is 76.8 Å². The molecule has 0 saturated heterocycles. The van der Waals surface area contributed by atoms with Crippen LogP contribution in [0.2, 0.25) is 5.02 Å². The van der Waals surface area contributed by atoms with Gasteiger partial charge >= 0.3 is 0 Å². The fraction of sp³-hybridized carbons (Fsp3) is 0.269. The second kappa shape index (κ2) is 12.6. The Bertz CT molecular complexity index is 1130. The highest BCUT2D eigenvalue weighted by Crippen LogP contribution is 2.27. The van der Waals surface area contributed by atoms with Crippen molar-refractivity contribution in [2.75, 3.05) is 13.2 Å². The van der Waals surface area contributed by atoms with Gasteiger partial charge in [-0.1, -0.05) is 54.4 Å². The molecule has 33 heavy (non-hydrogen) atoms. The highest BCUT2D eigenvalue weighted by molar-refractivity contribution is 6.33. The molecule has 0 unspecified atom stereocenters. The molecule has 2 N–H and O–H groups in total. The Labute approximate surface area is 199 Å². The number of fused-ring (bicyclic) bond motifs is 1. The third-order valence-electron chi connectivity index (χ3n) is 5.10. The molecule has 0 heterocycles. The van der Waals surface area contributed by atoms with Gasteiger partial charge in [0.25, 0.3) is 5.91 Å². The van der Waals surface area contributed by atoms with Crippen LogP contribution in [-0.4, -0.2) is 31.2 Å². The van der Waals surface area contributed by atoms with Crippen LogP contribution in [0.15, 0.2) is 65.8 Å². The summed E-state index contributed by atoms with van der Waals surface area (Å²) in [5, 5.41) is 9.42. The van der Waals surface area contributed by atoms with Crippen molar-refractivity contribution in [2.24, 2.45) is 5.10 Å². The van der Waals surface area contributed by atoms with E-state index in [9.17, 15) is 9.59 Å². The summed E-state index contributed by atoms with van der Waals surface area (Å²) in [5.74, 6) is 0.508. The Hall–Kier alpha value is -3.38. The summed E-state index contributed by atoms with van der Waals surface area (Å²) in [7, 11) is 0. The van der Waals surface area contributed by atoms with Crippen molar-refractivity contribution in [3.8, 4) is 5.75 Å². The Morgan fingerprint density at radius 2 is 1.73 bits per heavy atom. The largest absolute Gasteiger partial charge is 0.493 e.